The van der Waals surface area contributed by atoms with Crippen molar-refractivity contribution >= 4 is 10.9 Å². The molecule has 0 aliphatic rings. The summed E-state index contributed by atoms with van der Waals surface area (Å²) in [5.41, 5.74) is 0.629. The topological polar surface area (TPSA) is 48.9 Å². The van der Waals surface area contributed by atoms with Crippen molar-refractivity contribution in [3.05, 3.63) is 24.1 Å². The van der Waals surface area contributed by atoms with Crippen LogP contribution < -0.4 is 0 Å². The molecule has 2 N–H and O–H groups in total. The van der Waals surface area contributed by atoms with E-state index in [1.807, 2.05) is 0 Å². The maximum absolute atomic E-state index is 12.6. The van der Waals surface area contributed by atoms with E-state index in [-0.39, 0.29) is 5.75 Å². The number of aromatic nitrogens is 2. The number of fused-ring (bicyclic) bond motifs is 1. The Bertz CT molecular complexity index is 360. The van der Waals surface area contributed by atoms with Crippen LogP contribution in [0, 0.1) is 5.82 Å². The maximum Gasteiger partial charge on any atom is 0.165 e. The molecule has 0 aliphatic heterocycles. The van der Waals surface area contributed by atoms with Crippen LogP contribution in [0.15, 0.2) is 18.3 Å². The normalized spacial score (nSPS) is 10.6. The molecule has 0 saturated carbocycles. The van der Waals surface area contributed by atoms with Gasteiger partial charge in [-0.25, -0.2) is 4.39 Å². The molecule has 56 valence electrons. The lowest BCUT2D eigenvalue weighted by Crippen LogP contribution is -1.75. The summed E-state index contributed by atoms with van der Waals surface area (Å²) in [5, 5.41) is 15.9. The summed E-state index contributed by atoms with van der Waals surface area (Å²) >= 11 is 0. The minimum absolute atomic E-state index is 0.359. The van der Waals surface area contributed by atoms with E-state index in [9.17, 15) is 4.39 Å². The number of halogens is 1. The lowest BCUT2D eigenvalue weighted by Gasteiger charge is -1.92. The molecule has 0 radical (unpaired) electrons. The number of phenolic OH excluding ortho intramolecular Hbond substituents is 1. The highest BCUT2D eigenvalue weighted by atomic mass is 19.1. The van der Waals surface area contributed by atoms with E-state index in [1.54, 1.807) is 0 Å². The highest BCUT2D eigenvalue weighted by molar-refractivity contribution is 5.79. The lowest BCUT2D eigenvalue weighted by molar-refractivity contribution is 0.433. The molecule has 1 aromatic carbocycles. The Hall–Kier alpha value is -1.58. The average molecular weight is 152 g/mol. The van der Waals surface area contributed by atoms with Crippen LogP contribution in [0.3, 0.4) is 0 Å². The molecule has 0 aliphatic carbocycles. The number of aromatic amines is 1. The van der Waals surface area contributed by atoms with Crippen molar-refractivity contribution in [1.82, 2.24) is 10.2 Å². The van der Waals surface area contributed by atoms with Gasteiger partial charge in [0.15, 0.2) is 11.6 Å². The number of benzene rings is 1. The lowest BCUT2D eigenvalue weighted by atomic mass is 10.2. The predicted octanol–water partition coefficient (Wildman–Crippen LogP) is 1.41. The first kappa shape index (κ1) is 6.15. The zero-order valence-electron chi connectivity index (χ0n) is 5.50. The van der Waals surface area contributed by atoms with Crippen LogP contribution in [0.5, 0.6) is 5.75 Å². The summed E-state index contributed by atoms with van der Waals surface area (Å²) in [4.78, 5) is 0. The summed E-state index contributed by atoms with van der Waals surface area (Å²) in [5.74, 6) is -0.986. The van der Waals surface area contributed by atoms with Gasteiger partial charge in [-0.15, -0.1) is 0 Å². The summed E-state index contributed by atoms with van der Waals surface area (Å²) in [6.07, 6.45) is 1.50. The first-order valence-electron chi connectivity index (χ1n) is 3.09. The standard InChI is InChI=1S/C7H5FN2O/c8-5-1-4-3-9-10-6(4)2-7(5)11/h1-3,11H,(H,9,10). The van der Waals surface area contributed by atoms with E-state index in [1.165, 1.54) is 18.3 Å². The third-order valence-corrected chi connectivity index (χ3v) is 1.51. The molecule has 0 saturated heterocycles. The van der Waals surface area contributed by atoms with Crippen molar-refractivity contribution in [2.24, 2.45) is 0 Å². The third kappa shape index (κ3) is 0.832. The van der Waals surface area contributed by atoms with Crippen LogP contribution in [-0.2, 0) is 0 Å². The molecule has 0 bridgehead atoms. The van der Waals surface area contributed by atoms with Crippen molar-refractivity contribution in [2.45, 2.75) is 0 Å². The average Bonchev–Trinajstić information content (AvgIpc) is 2.36. The third-order valence-electron chi connectivity index (χ3n) is 1.51. The molecule has 0 fully saturated rings. The number of phenols is 1. The molecule has 0 spiro atoms. The van der Waals surface area contributed by atoms with E-state index >= 15 is 0 Å². The molecule has 11 heavy (non-hydrogen) atoms. The molecule has 0 unspecified atom stereocenters. The summed E-state index contributed by atoms with van der Waals surface area (Å²) in [6.45, 7) is 0. The van der Waals surface area contributed by atoms with Crippen LogP contribution in [-0.4, -0.2) is 15.3 Å². The zero-order valence-corrected chi connectivity index (χ0v) is 5.50. The zero-order chi connectivity index (χ0) is 7.84. The van der Waals surface area contributed by atoms with Gasteiger partial charge >= 0.3 is 0 Å². The quantitative estimate of drug-likeness (QED) is 0.599. The van der Waals surface area contributed by atoms with Gasteiger partial charge in [-0.05, 0) is 6.07 Å². The predicted molar refractivity (Wildman–Crippen MR) is 37.7 cm³/mol. The molecule has 1 aromatic heterocycles. The van der Waals surface area contributed by atoms with Gasteiger partial charge < -0.3 is 5.11 Å². The van der Waals surface area contributed by atoms with E-state index in [0.717, 1.165) is 0 Å². The van der Waals surface area contributed by atoms with Gasteiger partial charge in [-0.2, -0.15) is 5.10 Å². The maximum atomic E-state index is 12.6. The van der Waals surface area contributed by atoms with Gasteiger partial charge in [-0.1, -0.05) is 0 Å². The molecule has 2 aromatic rings. The number of rotatable bonds is 0. The Balaban J connectivity index is 2.86. The van der Waals surface area contributed by atoms with Crippen molar-refractivity contribution in [3.8, 4) is 5.75 Å². The van der Waals surface area contributed by atoms with E-state index < -0.39 is 5.82 Å². The number of hydrogen-bond donors (Lipinski definition) is 2. The van der Waals surface area contributed by atoms with Crippen LogP contribution in [0.1, 0.15) is 0 Å². The minimum atomic E-state index is -0.626. The van der Waals surface area contributed by atoms with Crippen molar-refractivity contribution in [2.75, 3.05) is 0 Å². The van der Waals surface area contributed by atoms with Gasteiger partial charge in [0.2, 0.25) is 0 Å². The van der Waals surface area contributed by atoms with Gasteiger partial charge in [0.25, 0.3) is 0 Å². The van der Waals surface area contributed by atoms with Crippen LogP contribution in [0.2, 0.25) is 0 Å². The van der Waals surface area contributed by atoms with Crippen molar-refractivity contribution in [1.29, 1.82) is 0 Å². The largest absolute Gasteiger partial charge is 0.505 e. The number of H-pyrrole nitrogens is 1. The second-order valence-electron chi connectivity index (χ2n) is 2.26. The van der Waals surface area contributed by atoms with Gasteiger partial charge in [0, 0.05) is 11.5 Å². The van der Waals surface area contributed by atoms with Crippen molar-refractivity contribution in [3.63, 3.8) is 0 Å². The van der Waals surface area contributed by atoms with Crippen LogP contribution in [0.25, 0.3) is 10.9 Å². The number of nitrogens with zero attached hydrogens (tertiary/aromatic N) is 1. The van der Waals surface area contributed by atoms with E-state index in [4.69, 9.17) is 5.11 Å². The summed E-state index contributed by atoms with van der Waals surface area (Å²) in [7, 11) is 0. The first-order valence-corrected chi connectivity index (χ1v) is 3.09. The SMILES string of the molecule is Oc1cc2[nH]ncc2cc1F. The second-order valence-corrected chi connectivity index (χ2v) is 2.26. The van der Waals surface area contributed by atoms with Gasteiger partial charge in [-0.3, -0.25) is 5.10 Å². The monoisotopic (exact) mass is 152 g/mol. The molecular formula is C7H5FN2O. The summed E-state index contributed by atoms with van der Waals surface area (Å²) in [6, 6.07) is 2.53. The Morgan fingerprint density at radius 1 is 1.45 bits per heavy atom. The number of hydrogen-bond acceptors (Lipinski definition) is 2. The first-order chi connectivity index (χ1) is 5.27. The van der Waals surface area contributed by atoms with E-state index in [0.29, 0.717) is 10.9 Å². The molecular weight excluding hydrogens is 147 g/mol. The Morgan fingerprint density at radius 3 is 3.09 bits per heavy atom. The number of nitrogens with one attached hydrogen (secondary N) is 1. The summed E-state index contributed by atoms with van der Waals surface area (Å²) < 4.78 is 12.6. The van der Waals surface area contributed by atoms with Gasteiger partial charge in [0.05, 0.1) is 11.7 Å². The smallest absolute Gasteiger partial charge is 0.165 e. The van der Waals surface area contributed by atoms with E-state index in [2.05, 4.69) is 10.2 Å². The second kappa shape index (κ2) is 1.95. The van der Waals surface area contributed by atoms with Gasteiger partial charge in [0.1, 0.15) is 0 Å². The number of aromatic hydroxyl groups is 1. The molecule has 2 rings (SSSR count). The van der Waals surface area contributed by atoms with Crippen LogP contribution >= 0.6 is 0 Å². The molecule has 4 heteroatoms. The Kier molecular flexibility index (Phi) is 1.09. The molecule has 0 atom stereocenters. The molecule has 1 heterocycles. The highest BCUT2D eigenvalue weighted by Crippen LogP contribution is 2.21. The fraction of sp³-hybridized carbons (Fsp3) is 0. The molecule has 0 amide bonds. The minimum Gasteiger partial charge on any atom is -0.505 e. The Morgan fingerprint density at radius 2 is 2.27 bits per heavy atom. The van der Waals surface area contributed by atoms with Crippen LogP contribution in [0.4, 0.5) is 4.39 Å². The Labute approximate surface area is 61.5 Å². The fourth-order valence-corrected chi connectivity index (χ4v) is 0.952. The molecule has 3 nitrogen and oxygen atoms in total. The highest BCUT2D eigenvalue weighted by Gasteiger charge is 2.02. The fourth-order valence-electron chi connectivity index (χ4n) is 0.952. The van der Waals surface area contributed by atoms with Crippen molar-refractivity contribution < 1.29 is 9.50 Å².